The first-order valence-electron chi connectivity index (χ1n) is 8.65. The first kappa shape index (κ1) is 21.5. The zero-order valence-electron chi connectivity index (χ0n) is 15.6. The second kappa shape index (κ2) is 8.48. The lowest BCUT2D eigenvalue weighted by Crippen LogP contribution is -2.45. The summed E-state index contributed by atoms with van der Waals surface area (Å²) >= 11 is 7.66. The zero-order chi connectivity index (χ0) is 19.5. The molecule has 1 unspecified atom stereocenters. The number of nitrogens with one attached hydrogen (secondary N) is 1. The van der Waals surface area contributed by atoms with Gasteiger partial charge in [-0.1, -0.05) is 31.5 Å². The summed E-state index contributed by atoms with van der Waals surface area (Å²) < 4.78 is 29.0. The number of rotatable bonds is 7. The Bertz CT molecular complexity index is 790. The van der Waals surface area contributed by atoms with E-state index in [9.17, 15) is 13.5 Å². The molecule has 0 radical (unpaired) electrons. The lowest BCUT2D eigenvalue weighted by Gasteiger charge is -2.27. The van der Waals surface area contributed by atoms with Crippen LogP contribution in [0.2, 0.25) is 5.02 Å². The van der Waals surface area contributed by atoms with Crippen molar-refractivity contribution in [3.05, 3.63) is 28.8 Å². The van der Waals surface area contributed by atoms with Gasteiger partial charge in [0.25, 0.3) is 0 Å². The lowest BCUT2D eigenvalue weighted by atomic mass is 10.0. The molecule has 0 spiro atoms. The normalized spacial score (nSPS) is 20.7. The van der Waals surface area contributed by atoms with E-state index in [1.54, 1.807) is 17.8 Å². The van der Waals surface area contributed by atoms with Crippen molar-refractivity contribution in [2.24, 2.45) is 0 Å². The van der Waals surface area contributed by atoms with Crippen LogP contribution in [0, 0.1) is 0 Å². The van der Waals surface area contributed by atoms with Crippen molar-refractivity contribution >= 4 is 38.6 Å². The number of nitrogens with zero attached hydrogens (tertiary/aromatic N) is 2. The summed E-state index contributed by atoms with van der Waals surface area (Å²) in [5.74, 6) is 0.420. The maximum absolute atomic E-state index is 12.2. The number of thioether (sulfide) groups is 1. The molecule has 1 aliphatic rings. The van der Waals surface area contributed by atoms with Crippen LogP contribution in [0.5, 0.6) is 0 Å². The summed E-state index contributed by atoms with van der Waals surface area (Å²) in [5.41, 5.74) is -0.781. The molecule has 1 fully saturated rings. The molecular formula is C17H27ClN3O3S2+. The van der Waals surface area contributed by atoms with Gasteiger partial charge in [0.2, 0.25) is 15.7 Å². The molecule has 26 heavy (non-hydrogen) atoms. The van der Waals surface area contributed by atoms with Crippen LogP contribution < -0.4 is 4.72 Å². The summed E-state index contributed by atoms with van der Waals surface area (Å²) in [5, 5.41) is 12.5. The number of halogens is 1. The number of hydrogen-bond acceptors (Lipinski definition) is 4. The second-order valence-electron chi connectivity index (χ2n) is 6.29. The van der Waals surface area contributed by atoms with E-state index >= 15 is 0 Å². The minimum atomic E-state index is -3.71. The number of hydrogen-bond donors (Lipinski definition) is 2. The molecule has 0 saturated carbocycles. The lowest BCUT2D eigenvalue weighted by molar-refractivity contribution is -0.530. The number of aliphatic hydroxyl groups is 1. The third-order valence-electron chi connectivity index (χ3n) is 4.45. The van der Waals surface area contributed by atoms with Gasteiger partial charge < -0.3 is 5.11 Å². The Morgan fingerprint density at radius 1 is 1.35 bits per heavy atom. The summed E-state index contributed by atoms with van der Waals surface area (Å²) in [7, 11) is -0.529. The van der Waals surface area contributed by atoms with E-state index < -0.39 is 15.7 Å². The van der Waals surface area contributed by atoms with Gasteiger partial charge in [-0.05, 0) is 43.8 Å². The molecule has 9 heteroatoms. The maximum Gasteiger partial charge on any atom is 0.311 e. The predicted molar refractivity (Wildman–Crippen MR) is 107 cm³/mol. The Balaban J connectivity index is 2.49. The van der Waals surface area contributed by atoms with E-state index in [2.05, 4.69) is 23.1 Å². The van der Waals surface area contributed by atoms with Crippen LogP contribution in [0.4, 0.5) is 0 Å². The van der Waals surface area contributed by atoms with Crippen LogP contribution >= 0.6 is 23.4 Å². The second-order valence-corrected chi connectivity index (χ2v) is 9.49. The van der Waals surface area contributed by atoms with Gasteiger partial charge in [0, 0.05) is 5.56 Å². The zero-order valence-corrected chi connectivity index (χ0v) is 18.0. The molecule has 0 bridgehead atoms. The molecule has 1 aromatic rings. The van der Waals surface area contributed by atoms with Crippen LogP contribution in [-0.4, -0.2) is 61.1 Å². The minimum Gasteiger partial charge on any atom is -0.349 e. The maximum atomic E-state index is 12.2. The van der Waals surface area contributed by atoms with E-state index in [1.807, 2.05) is 11.9 Å². The van der Waals surface area contributed by atoms with Crippen molar-refractivity contribution in [2.75, 3.05) is 32.9 Å². The SMILES string of the molecule is CCC[N+](CCC)=C1SCC(O)(c2ccc(Cl)c(S(=O)(=O)NC)c2)N1C. The number of benzene rings is 1. The van der Waals surface area contributed by atoms with Gasteiger partial charge in [0.05, 0.1) is 30.9 Å². The van der Waals surface area contributed by atoms with Gasteiger partial charge in [-0.2, -0.15) is 0 Å². The van der Waals surface area contributed by atoms with Crippen LogP contribution in [0.15, 0.2) is 23.1 Å². The van der Waals surface area contributed by atoms with E-state index in [0.717, 1.165) is 31.1 Å². The molecule has 1 aromatic carbocycles. The quantitative estimate of drug-likeness (QED) is 0.662. The molecular weight excluding hydrogens is 394 g/mol. The average molecular weight is 421 g/mol. The van der Waals surface area contributed by atoms with Gasteiger partial charge in [0.15, 0.2) is 0 Å². The fourth-order valence-electron chi connectivity index (χ4n) is 3.01. The molecule has 1 atom stereocenters. The van der Waals surface area contributed by atoms with Gasteiger partial charge in [0.1, 0.15) is 4.90 Å². The van der Waals surface area contributed by atoms with E-state index in [-0.39, 0.29) is 9.92 Å². The summed E-state index contributed by atoms with van der Waals surface area (Å²) in [6.07, 6.45) is 2.03. The van der Waals surface area contributed by atoms with Crippen molar-refractivity contribution in [1.82, 2.24) is 9.62 Å². The highest BCUT2D eigenvalue weighted by Gasteiger charge is 2.50. The monoisotopic (exact) mass is 420 g/mol. The molecule has 6 nitrogen and oxygen atoms in total. The largest absolute Gasteiger partial charge is 0.349 e. The molecule has 1 saturated heterocycles. The molecule has 0 aromatic heterocycles. The van der Waals surface area contributed by atoms with E-state index in [4.69, 9.17) is 11.6 Å². The van der Waals surface area contributed by atoms with Crippen LogP contribution in [0.1, 0.15) is 32.3 Å². The highest BCUT2D eigenvalue weighted by Crippen LogP contribution is 2.39. The van der Waals surface area contributed by atoms with Crippen molar-refractivity contribution < 1.29 is 18.1 Å². The Kier molecular flexibility index (Phi) is 7.01. The smallest absolute Gasteiger partial charge is 0.311 e. The molecule has 0 aliphatic carbocycles. The van der Waals surface area contributed by atoms with E-state index in [1.165, 1.54) is 19.2 Å². The van der Waals surface area contributed by atoms with Gasteiger partial charge in [-0.25, -0.2) is 18.0 Å². The third-order valence-corrected chi connectivity index (χ3v) is 7.69. The molecule has 0 amide bonds. The molecule has 146 valence electrons. The van der Waals surface area contributed by atoms with Crippen molar-refractivity contribution in [1.29, 1.82) is 0 Å². The Hall–Kier alpha value is -0.800. The Morgan fingerprint density at radius 2 is 1.96 bits per heavy atom. The fourth-order valence-corrected chi connectivity index (χ4v) is 5.66. The summed E-state index contributed by atoms with van der Waals surface area (Å²) in [6, 6.07) is 4.66. The first-order valence-corrected chi connectivity index (χ1v) is 11.5. The van der Waals surface area contributed by atoms with E-state index in [0.29, 0.717) is 11.3 Å². The van der Waals surface area contributed by atoms with Crippen LogP contribution in [-0.2, 0) is 15.7 Å². The van der Waals surface area contributed by atoms with Gasteiger partial charge in [-0.3, -0.25) is 4.58 Å². The molecule has 1 aliphatic heterocycles. The first-order chi connectivity index (χ1) is 12.2. The standard InChI is InChI=1S/C17H27ClN3O3S2/c1-5-9-21(10-6-2)16-20(4)17(22,12-25-16)13-7-8-14(18)15(11-13)26(23,24)19-3/h7-8,11,19,22H,5-6,9-10,12H2,1-4H3/q+1. The highest BCUT2D eigenvalue weighted by molar-refractivity contribution is 8.13. The molecule has 2 N–H and O–H groups in total. The summed E-state index contributed by atoms with van der Waals surface area (Å²) in [4.78, 5) is 1.81. The van der Waals surface area contributed by atoms with Crippen LogP contribution in [0.3, 0.4) is 0 Å². The van der Waals surface area contributed by atoms with Crippen LogP contribution in [0.25, 0.3) is 0 Å². The third kappa shape index (κ3) is 4.04. The van der Waals surface area contributed by atoms with Crippen molar-refractivity contribution in [3.8, 4) is 0 Å². The van der Waals surface area contributed by atoms with Crippen molar-refractivity contribution in [3.63, 3.8) is 0 Å². The minimum absolute atomic E-state index is 0.0292. The Labute approximate surface area is 165 Å². The fraction of sp³-hybridized carbons (Fsp3) is 0.588. The predicted octanol–water partition coefficient (Wildman–Crippen LogP) is 2.26. The molecule has 1 heterocycles. The Morgan fingerprint density at radius 3 is 2.50 bits per heavy atom. The summed E-state index contributed by atoms with van der Waals surface area (Å²) in [6.45, 7) is 6.08. The van der Waals surface area contributed by atoms with Gasteiger partial charge in [-0.15, -0.1) is 0 Å². The molecule has 2 rings (SSSR count). The highest BCUT2D eigenvalue weighted by atomic mass is 35.5. The number of amidine groups is 1. The average Bonchev–Trinajstić information content (AvgIpc) is 2.91. The van der Waals surface area contributed by atoms with Gasteiger partial charge >= 0.3 is 5.17 Å². The topological polar surface area (TPSA) is 72.6 Å². The van der Waals surface area contributed by atoms with Crippen molar-refractivity contribution in [2.45, 2.75) is 37.3 Å². The number of sulfonamides is 1.